The normalized spacial score (nSPS) is 12.0. The maximum Gasteiger partial charge on any atom is 0.311 e. The van der Waals surface area contributed by atoms with E-state index in [1.54, 1.807) is 18.4 Å². The van der Waals surface area contributed by atoms with Crippen molar-refractivity contribution < 1.29 is 14.8 Å². The molecule has 1 aromatic carbocycles. The van der Waals surface area contributed by atoms with Crippen molar-refractivity contribution in [3.8, 4) is 5.75 Å². The van der Waals surface area contributed by atoms with Gasteiger partial charge in [0.1, 0.15) is 0 Å². The number of nitro groups is 1. The second-order valence-electron chi connectivity index (χ2n) is 5.46. The summed E-state index contributed by atoms with van der Waals surface area (Å²) in [5.41, 5.74) is 0.566. The second-order valence-corrected chi connectivity index (χ2v) is 6.58. The van der Waals surface area contributed by atoms with Crippen molar-refractivity contribution in [1.82, 2.24) is 9.88 Å². The van der Waals surface area contributed by atoms with Crippen LogP contribution in [0.5, 0.6) is 5.75 Å². The predicted octanol–water partition coefficient (Wildman–Crippen LogP) is 3.46. The van der Waals surface area contributed by atoms with Crippen LogP contribution >= 0.6 is 11.3 Å². The molecule has 0 unspecified atom stereocenters. The standard InChI is InChI=1S/C16H19N3O4S/c1-5-14-17-9(2)15(24-14)10(3)18(4)16(21)11-6-7-13(20)12(8-11)19(22)23/h6-8,10,20H,5H2,1-4H3/t10-/m1/s1. The minimum atomic E-state index is -0.712. The highest BCUT2D eigenvalue weighted by atomic mass is 32.1. The largest absolute Gasteiger partial charge is 0.502 e. The van der Waals surface area contributed by atoms with E-state index in [-0.39, 0.29) is 17.5 Å². The summed E-state index contributed by atoms with van der Waals surface area (Å²) in [6, 6.07) is 3.43. The smallest absolute Gasteiger partial charge is 0.311 e. The number of aromatic nitrogens is 1. The van der Waals surface area contributed by atoms with Gasteiger partial charge in [0.2, 0.25) is 0 Å². The van der Waals surface area contributed by atoms with E-state index >= 15 is 0 Å². The minimum absolute atomic E-state index is 0.159. The van der Waals surface area contributed by atoms with Crippen LogP contribution in [0.3, 0.4) is 0 Å². The van der Waals surface area contributed by atoms with Gasteiger partial charge in [0.25, 0.3) is 5.91 Å². The Kier molecular flexibility index (Phi) is 5.18. The number of nitrogens with zero attached hydrogens (tertiary/aromatic N) is 3. The molecule has 8 heteroatoms. The number of nitro benzene ring substituents is 1. The van der Waals surface area contributed by atoms with E-state index in [2.05, 4.69) is 4.98 Å². The summed E-state index contributed by atoms with van der Waals surface area (Å²) in [7, 11) is 1.65. The van der Waals surface area contributed by atoms with Crippen molar-refractivity contribution in [3.05, 3.63) is 49.5 Å². The van der Waals surface area contributed by atoms with Gasteiger partial charge in [-0.05, 0) is 32.4 Å². The maximum absolute atomic E-state index is 12.6. The van der Waals surface area contributed by atoms with E-state index in [1.807, 2.05) is 20.8 Å². The first-order valence-electron chi connectivity index (χ1n) is 7.47. The number of hydrogen-bond donors (Lipinski definition) is 1. The SMILES string of the molecule is CCc1nc(C)c([C@@H](C)N(C)C(=O)c2ccc(O)c([N+](=O)[O-])c2)s1. The van der Waals surface area contributed by atoms with Gasteiger partial charge in [-0.2, -0.15) is 0 Å². The zero-order valence-corrected chi connectivity index (χ0v) is 14.8. The molecule has 0 saturated carbocycles. The van der Waals surface area contributed by atoms with E-state index in [0.717, 1.165) is 34.1 Å². The Morgan fingerprint density at radius 2 is 2.17 bits per heavy atom. The van der Waals surface area contributed by atoms with Crippen LogP contribution in [0.15, 0.2) is 18.2 Å². The van der Waals surface area contributed by atoms with Crippen molar-refractivity contribution in [2.24, 2.45) is 0 Å². The van der Waals surface area contributed by atoms with Crippen molar-refractivity contribution in [2.45, 2.75) is 33.2 Å². The first-order chi connectivity index (χ1) is 11.3. The average molecular weight is 349 g/mol. The highest BCUT2D eigenvalue weighted by Gasteiger charge is 2.25. The molecule has 2 aromatic rings. The van der Waals surface area contributed by atoms with Crippen molar-refractivity contribution in [1.29, 1.82) is 0 Å². The van der Waals surface area contributed by atoms with Gasteiger partial charge in [0.05, 0.1) is 21.7 Å². The molecule has 128 valence electrons. The van der Waals surface area contributed by atoms with E-state index in [0.29, 0.717) is 0 Å². The first-order valence-corrected chi connectivity index (χ1v) is 8.28. The summed E-state index contributed by atoms with van der Waals surface area (Å²) in [6.45, 7) is 5.83. The highest BCUT2D eigenvalue weighted by Crippen LogP contribution is 2.31. The molecule has 0 aliphatic heterocycles. The number of phenols is 1. The summed E-state index contributed by atoms with van der Waals surface area (Å²) in [6.07, 6.45) is 0.833. The summed E-state index contributed by atoms with van der Waals surface area (Å²) in [5, 5.41) is 21.4. The van der Waals surface area contributed by atoms with Gasteiger partial charge in [-0.25, -0.2) is 4.98 Å². The van der Waals surface area contributed by atoms with Crippen molar-refractivity contribution >= 4 is 22.9 Å². The number of hydrogen-bond acceptors (Lipinski definition) is 6. The van der Waals surface area contributed by atoms with Gasteiger partial charge in [-0.3, -0.25) is 14.9 Å². The molecule has 0 spiro atoms. The molecule has 0 radical (unpaired) electrons. The summed E-state index contributed by atoms with van der Waals surface area (Å²) in [4.78, 5) is 29.8. The fourth-order valence-electron chi connectivity index (χ4n) is 2.36. The van der Waals surface area contributed by atoms with Gasteiger partial charge >= 0.3 is 5.69 Å². The number of benzene rings is 1. The summed E-state index contributed by atoms with van der Waals surface area (Å²) >= 11 is 1.57. The lowest BCUT2D eigenvalue weighted by Crippen LogP contribution is -2.29. The average Bonchev–Trinajstić information content (AvgIpc) is 2.94. The number of aryl methyl sites for hydroxylation is 2. The van der Waals surface area contributed by atoms with Crippen LogP contribution < -0.4 is 0 Å². The topological polar surface area (TPSA) is 96.6 Å². The van der Waals surface area contributed by atoms with Crippen LogP contribution in [0.2, 0.25) is 0 Å². The Hall–Kier alpha value is -2.48. The monoisotopic (exact) mass is 349 g/mol. The zero-order valence-electron chi connectivity index (χ0n) is 13.9. The molecule has 0 saturated heterocycles. The molecule has 0 bridgehead atoms. The lowest BCUT2D eigenvalue weighted by Gasteiger charge is -2.24. The Morgan fingerprint density at radius 1 is 1.50 bits per heavy atom. The van der Waals surface area contributed by atoms with E-state index in [9.17, 15) is 20.0 Å². The van der Waals surface area contributed by atoms with Gasteiger partial charge in [0, 0.05) is 23.6 Å². The van der Waals surface area contributed by atoms with Crippen LogP contribution in [-0.2, 0) is 6.42 Å². The number of amides is 1. The second kappa shape index (κ2) is 6.96. The quantitative estimate of drug-likeness (QED) is 0.658. The Morgan fingerprint density at radius 3 is 2.71 bits per heavy atom. The molecule has 1 amide bonds. The molecule has 1 heterocycles. The number of phenolic OH excluding ortho intramolecular Hbond substituents is 1. The Labute approximate surface area is 143 Å². The summed E-state index contributed by atoms with van der Waals surface area (Å²) < 4.78 is 0. The zero-order chi connectivity index (χ0) is 18.0. The third-order valence-electron chi connectivity index (χ3n) is 3.88. The maximum atomic E-state index is 12.6. The molecule has 1 atom stereocenters. The molecule has 0 fully saturated rings. The third-order valence-corrected chi connectivity index (χ3v) is 5.35. The molecule has 0 aliphatic carbocycles. The Bertz CT molecular complexity index is 788. The number of rotatable bonds is 5. The molecular weight excluding hydrogens is 330 g/mol. The molecule has 1 N–H and O–H groups in total. The van der Waals surface area contributed by atoms with Crippen LogP contribution in [0.4, 0.5) is 5.69 Å². The summed E-state index contributed by atoms with van der Waals surface area (Å²) in [5.74, 6) is -0.811. The fraction of sp³-hybridized carbons (Fsp3) is 0.375. The number of carbonyl (C=O) groups is 1. The highest BCUT2D eigenvalue weighted by molar-refractivity contribution is 7.11. The fourth-order valence-corrected chi connectivity index (χ4v) is 3.47. The Balaban J connectivity index is 2.30. The molecular formula is C16H19N3O4S. The van der Waals surface area contributed by atoms with Crippen LogP contribution in [0, 0.1) is 17.0 Å². The molecule has 1 aromatic heterocycles. The molecule has 0 aliphatic rings. The lowest BCUT2D eigenvalue weighted by molar-refractivity contribution is -0.385. The van der Waals surface area contributed by atoms with E-state index in [1.165, 1.54) is 11.0 Å². The van der Waals surface area contributed by atoms with Crippen molar-refractivity contribution in [3.63, 3.8) is 0 Å². The third kappa shape index (κ3) is 3.38. The van der Waals surface area contributed by atoms with Gasteiger partial charge < -0.3 is 10.0 Å². The van der Waals surface area contributed by atoms with Crippen LogP contribution in [0.25, 0.3) is 0 Å². The van der Waals surface area contributed by atoms with E-state index < -0.39 is 16.4 Å². The number of thiazole rings is 1. The van der Waals surface area contributed by atoms with Gasteiger partial charge in [-0.1, -0.05) is 6.92 Å². The molecule has 24 heavy (non-hydrogen) atoms. The van der Waals surface area contributed by atoms with Gasteiger partial charge in [0.15, 0.2) is 5.75 Å². The minimum Gasteiger partial charge on any atom is -0.502 e. The lowest BCUT2D eigenvalue weighted by atomic mass is 10.1. The first kappa shape index (κ1) is 17.9. The van der Waals surface area contributed by atoms with Crippen LogP contribution in [0.1, 0.15) is 45.8 Å². The number of aromatic hydroxyl groups is 1. The van der Waals surface area contributed by atoms with Gasteiger partial charge in [-0.15, -0.1) is 11.3 Å². The molecule has 7 nitrogen and oxygen atoms in total. The van der Waals surface area contributed by atoms with Crippen LogP contribution in [-0.4, -0.2) is 32.9 Å². The van der Waals surface area contributed by atoms with Crippen molar-refractivity contribution in [2.75, 3.05) is 7.05 Å². The van der Waals surface area contributed by atoms with E-state index in [4.69, 9.17) is 0 Å². The number of carbonyl (C=O) groups excluding carboxylic acids is 1. The molecule has 2 rings (SSSR count). The predicted molar refractivity (Wildman–Crippen MR) is 91.5 cm³/mol.